The van der Waals surface area contributed by atoms with Crippen molar-refractivity contribution in [1.82, 2.24) is 0 Å². The number of nitrogen functional groups attached to an aromatic ring is 1. The fourth-order valence-electron chi connectivity index (χ4n) is 0.985. The molecule has 0 amide bonds. The molecule has 12 heavy (non-hydrogen) atoms. The van der Waals surface area contributed by atoms with Crippen molar-refractivity contribution in [2.45, 2.75) is 12.7 Å². The molecule has 3 nitrogen and oxygen atoms in total. The monoisotopic (exact) mass is 185 g/mol. The summed E-state index contributed by atoms with van der Waals surface area (Å²) < 4.78 is 20.7. The average Bonchev–Trinajstić information content (AvgIpc) is 1.96. The maximum atomic E-state index is 10.4. The van der Waals surface area contributed by atoms with Gasteiger partial charge in [0.05, 0.1) is 5.75 Å². The molecule has 0 unspecified atom stereocenters. The van der Waals surface area contributed by atoms with Crippen LogP contribution >= 0.6 is 0 Å². The van der Waals surface area contributed by atoms with E-state index < -0.39 is 10.7 Å². The highest BCUT2D eigenvalue weighted by Gasteiger charge is 1.97. The van der Waals surface area contributed by atoms with Gasteiger partial charge in [-0.05, 0) is 24.1 Å². The molecule has 0 saturated carbocycles. The Bertz CT molecular complexity index is 350. The zero-order valence-corrected chi connectivity index (χ0v) is 7.67. The molecule has 0 radical (unpaired) electrons. The van der Waals surface area contributed by atoms with Gasteiger partial charge in [-0.1, -0.05) is 12.1 Å². The molecule has 66 valence electrons. The van der Waals surface area contributed by atoms with Crippen molar-refractivity contribution in [3.05, 3.63) is 29.3 Å². The van der Waals surface area contributed by atoms with Gasteiger partial charge in [0.15, 0.2) is 0 Å². The summed E-state index contributed by atoms with van der Waals surface area (Å²) in [5.74, 6) is 0.0937. The van der Waals surface area contributed by atoms with Crippen LogP contribution in [0.2, 0.25) is 0 Å². The van der Waals surface area contributed by atoms with E-state index in [1.54, 1.807) is 18.2 Å². The number of nitrogens with two attached hydrogens (primary N) is 1. The lowest BCUT2D eigenvalue weighted by molar-refractivity contribution is 0.614. The fraction of sp³-hybridized carbons (Fsp3) is 0.250. The third kappa shape index (κ3) is 2.23. The molecule has 0 aliphatic rings. The van der Waals surface area contributed by atoms with Crippen molar-refractivity contribution >= 4 is 16.4 Å². The number of hydrogen-bond acceptors (Lipinski definition) is 3. The zero-order chi connectivity index (χ0) is 9.14. The Morgan fingerprint density at radius 3 is 2.58 bits per heavy atom. The van der Waals surface area contributed by atoms with Crippen molar-refractivity contribution in [3.8, 4) is 0 Å². The minimum atomic E-state index is -2.34. The summed E-state index contributed by atoms with van der Waals surface area (Å²) in [5, 5.41) is 0. The van der Waals surface area contributed by atoms with Gasteiger partial charge in [0.2, 0.25) is 0 Å². The maximum absolute atomic E-state index is 10.4. The lowest BCUT2D eigenvalue weighted by atomic mass is 10.1. The number of anilines is 1. The van der Waals surface area contributed by atoms with Crippen LogP contribution in [0.25, 0.3) is 0 Å². The van der Waals surface area contributed by atoms with Gasteiger partial charge in [-0.15, -0.1) is 0 Å². The van der Waals surface area contributed by atoms with Gasteiger partial charge in [0.25, 0.3) is 0 Å². The van der Waals surface area contributed by atoms with E-state index >= 15 is 0 Å². The highest BCUT2D eigenvalue weighted by Crippen LogP contribution is 2.12. The first-order chi connectivity index (χ1) is 5.59. The Morgan fingerprint density at radius 1 is 1.42 bits per heavy atom. The standard InChI is InChI=1S/C8H11NO2S/c1-6-4-7(5-12(10)11)2-3-8(6)9/h2-4,12H,5,9H2,1H3. The number of rotatable bonds is 2. The minimum absolute atomic E-state index is 0.0937. The number of benzene rings is 1. The molecule has 1 aromatic carbocycles. The van der Waals surface area contributed by atoms with Crippen LogP contribution in [0, 0.1) is 6.92 Å². The topological polar surface area (TPSA) is 60.2 Å². The Labute approximate surface area is 73.2 Å². The molecule has 0 aromatic heterocycles. The summed E-state index contributed by atoms with van der Waals surface area (Å²) in [5.41, 5.74) is 7.97. The molecule has 0 fully saturated rings. The van der Waals surface area contributed by atoms with E-state index in [1.165, 1.54) is 0 Å². The molecular formula is C8H11NO2S. The van der Waals surface area contributed by atoms with Gasteiger partial charge in [0.1, 0.15) is 10.7 Å². The first-order valence-corrected chi connectivity index (χ1v) is 4.92. The summed E-state index contributed by atoms with van der Waals surface area (Å²) in [4.78, 5) is 0. The Kier molecular flexibility index (Phi) is 2.70. The van der Waals surface area contributed by atoms with E-state index in [4.69, 9.17) is 5.73 Å². The van der Waals surface area contributed by atoms with E-state index in [1.807, 2.05) is 6.92 Å². The van der Waals surface area contributed by atoms with Gasteiger partial charge in [0, 0.05) is 5.69 Å². The van der Waals surface area contributed by atoms with Gasteiger partial charge in [-0.3, -0.25) is 0 Å². The van der Waals surface area contributed by atoms with Crippen LogP contribution in [0.5, 0.6) is 0 Å². The highest BCUT2D eigenvalue weighted by molar-refractivity contribution is 7.71. The summed E-state index contributed by atoms with van der Waals surface area (Å²) in [6.07, 6.45) is 0. The summed E-state index contributed by atoms with van der Waals surface area (Å²) in [6, 6.07) is 5.25. The molecule has 0 aliphatic heterocycles. The summed E-state index contributed by atoms with van der Waals surface area (Å²) in [6.45, 7) is 1.86. The molecule has 0 atom stereocenters. The predicted molar refractivity (Wildman–Crippen MR) is 49.6 cm³/mol. The summed E-state index contributed by atoms with van der Waals surface area (Å²) >= 11 is 0. The molecule has 0 bridgehead atoms. The van der Waals surface area contributed by atoms with Crippen LogP contribution in [0.3, 0.4) is 0 Å². The smallest absolute Gasteiger partial charge is 0.144 e. The first-order valence-electron chi connectivity index (χ1n) is 3.56. The molecular weight excluding hydrogens is 174 g/mol. The van der Waals surface area contributed by atoms with Crippen molar-refractivity contribution in [1.29, 1.82) is 0 Å². The normalized spacial score (nSPS) is 10.5. The quantitative estimate of drug-likeness (QED) is 0.526. The molecule has 0 spiro atoms. The second-order valence-corrected chi connectivity index (χ2v) is 3.66. The molecule has 0 aliphatic carbocycles. The first kappa shape index (κ1) is 9.06. The van der Waals surface area contributed by atoms with Crippen LogP contribution in [-0.4, -0.2) is 8.42 Å². The van der Waals surface area contributed by atoms with Gasteiger partial charge < -0.3 is 5.73 Å². The summed E-state index contributed by atoms with van der Waals surface area (Å²) in [7, 11) is -2.34. The number of hydrogen-bond donors (Lipinski definition) is 2. The molecule has 0 saturated heterocycles. The highest BCUT2D eigenvalue weighted by atomic mass is 32.2. The van der Waals surface area contributed by atoms with E-state index in [0.717, 1.165) is 11.1 Å². The number of thiol groups is 1. The predicted octanol–water partition coefficient (Wildman–Crippen LogP) is 0.689. The van der Waals surface area contributed by atoms with Crippen LogP contribution in [-0.2, 0) is 16.5 Å². The van der Waals surface area contributed by atoms with Crippen molar-refractivity contribution in [3.63, 3.8) is 0 Å². The molecule has 1 aromatic rings. The van der Waals surface area contributed by atoms with E-state index in [-0.39, 0.29) is 5.75 Å². The van der Waals surface area contributed by atoms with E-state index in [9.17, 15) is 8.42 Å². The Balaban J connectivity index is 2.97. The second kappa shape index (κ2) is 3.58. The number of aryl methyl sites for hydroxylation is 1. The molecule has 2 N–H and O–H groups in total. The third-order valence-corrected chi connectivity index (χ3v) is 2.27. The second-order valence-electron chi connectivity index (χ2n) is 2.68. The van der Waals surface area contributed by atoms with Crippen molar-refractivity contribution in [2.75, 3.05) is 5.73 Å². The SMILES string of the molecule is Cc1cc(C[SH](=O)=O)ccc1N. The van der Waals surface area contributed by atoms with Gasteiger partial charge >= 0.3 is 0 Å². The Hall–Kier alpha value is -1.03. The largest absolute Gasteiger partial charge is 0.399 e. The van der Waals surface area contributed by atoms with Crippen LogP contribution in [0.4, 0.5) is 5.69 Å². The zero-order valence-electron chi connectivity index (χ0n) is 6.78. The van der Waals surface area contributed by atoms with Crippen molar-refractivity contribution < 1.29 is 8.42 Å². The lowest BCUT2D eigenvalue weighted by Gasteiger charge is -2.00. The average molecular weight is 185 g/mol. The molecule has 0 heterocycles. The van der Waals surface area contributed by atoms with Gasteiger partial charge in [-0.25, -0.2) is 8.42 Å². The van der Waals surface area contributed by atoms with E-state index in [0.29, 0.717) is 5.69 Å². The van der Waals surface area contributed by atoms with E-state index in [2.05, 4.69) is 0 Å². The third-order valence-electron chi connectivity index (χ3n) is 1.65. The van der Waals surface area contributed by atoms with Crippen molar-refractivity contribution in [2.24, 2.45) is 0 Å². The molecule has 4 heteroatoms. The minimum Gasteiger partial charge on any atom is -0.399 e. The lowest BCUT2D eigenvalue weighted by Crippen LogP contribution is -1.92. The maximum Gasteiger partial charge on any atom is 0.144 e. The van der Waals surface area contributed by atoms with Gasteiger partial charge in [-0.2, -0.15) is 0 Å². The Morgan fingerprint density at radius 2 is 2.08 bits per heavy atom. The van der Waals surface area contributed by atoms with Crippen LogP contribution in [0.15, 0.2) is 18.2 Å². The fourth-order valence-corrected chi connectivity index (χ4v) is 1.48. The molecule has 1 rings (SSSR count). The van der Waals surface area contributed by atoms with Crippen LogP contribution in [0.1, 0.15) is 11.1 Å². The van der Waals surface area contributed by atoms with Crippen LogP contribution < -0.4 is 5.73 Å².